The summed E-state index contributed by atoms with van der Waals surface area (Å²) in [4.78, 5) is 11.3. The second-order valence-electron chi connectivity index (χ2n) is 3.89. The molecule has 0 radical (unpaired) electrons. The molecule has 3 heteroatoms. The zero-order chi connectivity index (χ0) is 11.3. The van der Waals surface area contributed by atoms with Crippen molar-refractivity contribution < 1.29 is 4.79 Å². The summed E-state index contributed by atoms with van der Waals surface area (Å²) >= 11 is 0. The maximum absolute atomic E-state index is 11.3. The predicted octanol–water partition coefficient (Wildman–Crippen LogP) is 1.08. The van der Waals surface area contributed by atoms with Crippen LogP contribution in [0.3, 0.4) is 0 Å². The molecule has 2 atom stereocenters. The molecule has 0 spiro atoms. The molecule has 1 aromatic rings. The van der Waals surface area contributed by atoms with E-state index in [1.165, 1.54) is 5.56 Å². The van der Waals surface area contributed by atoms with E-state index >= 15 is 0 Å². The van der Waals surface area contributed by atoms with Gasteiger partial charge in [-0.05, 0) is 25.8 Å². The van der Waals surface area contributed by atoms with Crippen molar-refractivity contribution in [2.75, 3.05) is 0 Å². The smallest absolute Gasteiger partial charge is 0.236 e. The number of nitrogens with two attached hydrogens (primary N) is 1. The Balaban J connectivity index is 2.43. The summed E-state index contributed by atoms with van der Waals surface area (Å²) in [6.45, 7) is 3.66. The van der Waals surface area contributed by atoms with Crippen molar-refractivity contribution in [3.8, 4) is 0 Å². The summed E-state index contributed by atoms with van der Waals surface area (Å²) < 4.78 is 0. The number of benzene rings is 1. The number of amides is 1. The summed E-state index contributed by atoms with van der Waals surface area (Å²) in [6.07, 6.45) is 0.833. The van der Waals surface area contributed by atoms with Gasteiger partial charge in [0.1, 0.15) is 0 Å². The number of carbonyl (C=O) groups excluding carboxylic acids is 1. The quantitative estimate of drug-likeness (QED) is 0.774. The van der Waals surface area contributed by atoms with Gasteiger partial charge >= 0.3 is 0 Å². The van der Waals surface area contributed by atoms with Gasteiger partial charge in [-0.2, -0.15) is 0 Å². The highest BCUT2D eigenvalue weighted by Gasteiger charge is 2.10. The third kappa shape index (κ3) is 4.13. The standard InChI is InChI=1S/C12H18N2O/c1-9(14-12(15)10(2)13)8-11-6-4-3-5-7-11/h3-7,9-10H,8,13H2,1-2H3,(H,14,15)/t9?,10-/m0/s1. The highest BCUT2D eigenvalue weighted by atomic mass is 16.2. The maximum atomic E-state index is 11.3. The van der Waals surface area contributed by atoms with Crippen LogP contribution in [0.15, 0.2) is 30.3 Å². The largest absolute Gasteiger partial charge is 0.352 e. The van der Waals surface area contributed by atoms with Crippen molar-refractivity contribution in [2.24, 2.45) is 5.73 Å². The van der Waals surface area contributed by atoms with E-state index in [-0.39, 0.29) is 11.9 Å². The van der Waals surface area contributed by atoms with Gasteiger partial charge in [0.05, 0.1) is 6.04 Å². The van der Waals surface area contributed by atoms with E-state index in [9.17, 15) is 4.79 Å². The van der Waals surface area contributed by atoms with E-state index in [0.717, 1.165) is 6.42 Å². The van der Waals surface area contributed by atoms with Crippen molar-refractivity contribution in [1.82, 2.24) is 5.32 Å². The van der Waals surface area contributed by atoms with Crippen LogP contribution in [0.2, 0.25) is 0 Å². The first-order valence-corrected chi connectivity index (χ1v) is 5.19. The van der Waals surface area contributed by atoms with E-state index in [4.69, 9.17) is 5.73 Å². The number of rotatable bonds is 4. The van der Waals surface area contributed by atoms with Crippen molar-refractivity contribution in [1.29, 1.82) is 0 Å². The van der Waals surface area contributed by atoms with Crippen molar-refractivity contribution >= 4 is 5.91 Å². The number of hydrogen-bond acceptors (Lipinski definition) is 2. The monoisotopic (exact) mass is 206 g/mol. The van der Waals surface area contributed by atoms with E-state index < -0.39 is 6.04 Å². The Bertz CT molecular complexity index is 309. The predicted molar refractivity (Wildman–Crippen MR) is 61.4 cm³/mol. The van der Waals surface area contributed by atoms with Gasteiger partial charge in [-0.15, -0.1) is 0 Å². The molecule has 0 saturated heterocycles. The van der Waals surface area contributed by atoms with Crippen molar-refractivity contribution in [3.05, 3.63) is 35.9 Å². The topological polar surface area (TPSA) is 55.1 Å². The number of hydrogen-bond donors (Lipinski definition) is 2. The lowest BCUT2D eigenvalue weighted by Gasteiger charge is -2.15. The molecule has 3 N–H and O–H groups in total. The zero-order valence-corrected chi connectivity index (χ0v) is 9.23. The Labute approximate surface area is 90.7 Å². The fourth-order valence-corrected chi connectivity index (χ4v) is 1.39. The van der Waals surface area contributed by atoms with Crippen LogP contribution in [0.25, 0.3) is 0 Å². The summed E-state index contributed by atoms with van der Waals surface area (Å²) in [5.74, 6) is -0.0987. The minimum absolute atomic E-state index is 0.0987. The van der Waals surface area contributed by atoms with Gasteiger partial charge in [-0.1, -0.05) is 30.3 Å². The fraction of sp³-hybridized carbons (Fsp3) is 0.417. The molecule has 15 heavy (non-hydrogen) atoms. The molecule has 1 aromatic carbocycles. The minimum atomic E-state index is -0.441. The van der Waals surface area contributed by atoms with Crippen LogP contribution in [0, 0.1) is 0 Å². The maximum Gasteiger partial charge on any atom is 0.236 e. The summed E-state index contributed by atoms with van der Waals surface area (Å²) in [6, 6.07) is 9.75. The van der Waals surface area contributed by atoms with Gasteiger partial charge in [0.15, 0.2) is 0 Å². The highest BCUT2D eigenvalue weighted by Crippen LogP contribution is 2.02. The molecule has 1 amide bonds. The molecule has 82 valence electrons. The normalized spacial score (nSPS) is 14.3. The SMILES string of the molecule is CC(Cc1ccccc1)NC(=O)[C@H](C)N. The molecule has 1 rings (SSSR count). The number of nitrogens with one attached hydrogen (secondary N) is 1. The average Bonchev–Trinajstić information content (AvgIpc) is 2.18. The lowest BCUT2D eigenvalue weighted by atomic mass is 10.1. The molecule has 0 bridgehead atoms. The van der Waals surface area contributed by atoms with E-state index in [0.29, 0.717) is 0 Å². The molecular formula is C12H18N2O. The molecular weight excluding hydrogens is 188 g/mol. The average molecular weight is 206 g/mol. The number of carbonyl (C=O) groups is 1. The first-order valence-electron chi connectivity index (χ1n) is 5.19. The van der Waals surface area contributed by atoms with Crippen LogP contribution in [0.5, 0.6) is 0 Å². The van der Waals surface area contributed by atoms with Gasteiger partial charge in [0, 0.05) is 6.04 Å². The molecule has 1 unspecified atom stereocenters. The van der Waals surface area contributed by atoms with Crippen LogP contribution in [-0.4, -0.2) is 18.0 Å². The van der Waals surface area contributed by atoms with Gasteiger partial charge in [-0.3, -0.25) is 4.79 Å². The molecule has 0 aliphatic heterocycles. The van der Waals surface area contributed by atoms with Gasteiger partial charge in [-0.25, -0.2) is 0 Å². The molecule has 3 nitrogen and oxygen atoms in total. The van der Waals surface area contributed by atoms with Crippen LogP contribution >= 0.6 is 0 Å². The van der Waals surface area contributed by atoms with Crippen molar-refractivity contribution in [2.45, 2.75) is 32.4 Å². The van der Waals surface area contributed by atoms with E-state index in [1.807, 2.05) is 25.1 Å². The minimum Gasteiger partial charge on any atom is -0.352 e. The fourth-order valence-electron chi connectivity index (χ4n) is 1.39. The summed E-state index contributed by atoms with van der Waals surface area (Å²) in [5, 5.41) is 2.86. The van der Waals surface area contributed by atoms with Gasteiger partial charge < -0.3 is 11.1 Å². The lowest BCUT2D eigenvalue weighted by molar-refractivity contribution is -0.122. The molecule has 0 aliphatic rings. The van der Waals surface area contributed by atoms with Crippen molar-refractivity contribution in [3.63, 3.8) is 0 Å². The second kappa shape index (κ2) is 5.51. The van der Waals surface area contributed by atoms with Gasteiger partial charge in [0.2, 0.25) is 5.91 Å². The Morgan fingerprint density at radius 1 is 1.33 bits per heavy atom. The first kappa shape index (κ1) is 11.7. The van der Waals surface area contributed by atoms with E-state index in [2.05, 4.69) is 17.4 Å². The Hall–Kier alpha value is -1.35. The summed E-state index contributed by atoms with van der Waals surface area (Å²) in [5.41, 5.74) is 6.68. The molecule has 0 heterocycles. The van der Waals surface area contributed by atoms with Crippen LogP contribution < -0.4 is 11.1 Å². The Morgan fingerprint density at radius 2 is 1.93 bits per heavy atom. The molecule has 0 saturated carbocycles. The molecule has 0 aromatic heterocycles. The van der Waals surface area contributed by atoms with Crippen LogP contribution in [-0.2, 0) is 11.2 Å². The zero-order valence-electron chi connectivity index (χ0n) is 9.23. The van der Waals surface area contributed by atoms with E-state index in [1.54, 1.807) is 6.92 Å². The Morgan fingerprint density at radius 3 is 2.47 bits per heavy atom. The van der Waals surface area contributed by atoms with Crippen LogP contribution in [0.4, 0.5) is 0 Å². The molecule has 0 aliphatic carbocycles. The van der Waals surface area contributed by atoms with Crippen LogP contribution in [0.1, 0.15) is 19.4 Å². The third-order valence-corrected chi connectivity index (χ3v) is 2.19. The summed E-state index contributed by atoms with van der Waals surface area (Å²) in [7, 11) is 0. The first-order chi connectivity index (χ1) is 7.09. The highest BCUT2D eigenvalue weighted by molar-refractivity contribution is 5.81. The third-order valence-electron chi connectivity index (χ3n) is 2.19. The Kier molecular flexibility index (Phi) is 4.31. The van der Waals surface area contributed by atoms with Gasteiger partial charge in [0.25, 0.3) is 0 Å². The lowest BCUT2D eigenvalue weighted by Crippen LogP contribution is -2.43. The molecule has 0 fully saturated rings. The second-order valence-corrected chi connectivity index (χ2v) is 3.89.